The largest absolute Gasteiger partial charge is 0.381 e. The molecule has 86 valence electrons. The molecule has 0 radical (unpaired) electrons. The molecule has 2 fully saturated rings. The van der Waals surface area contributed by atoms with E-state index >= 15 is 0 Å². The predicted octanol–water partition coefficient (Wildman–Crippen LogP) is 0.359. The first-order valence-corrected chi connectivity index (χ1v) is 5.70. The van der Waals surface area contributed by atoms with Gasteiger partial charge in [0.25, 0.3) is 0 Å². The van der Waals surface area contributed by atoms with Gasteiger partial charge in [-0.15, -0.1) is 0 Å². The van der Waals surface area contributed by atoms with Crippen LogP contribution < -0.4 is 5.32 Å². The lowest BCUT2D eigenvalue weighted by Gasteiger charge is -2.29. The van der Waals surface area contributed by atoms with Crippen molar-refractivity contribution < 1.29 is 14.3 Å². The van der Waals surface area contributed by atoms with Crippen molar-refractivity contribution in [3.8, 4) is 0 Å². The molecule has 0 bridgehead atoms. The Labute approximate surface area is 90.3 Å². The minimum atomic E-state index is 0.129. The summed E-state index contributed by atoms with van der Waals surface area (Å²) in [5, 5.41) is 3.38. The highest BCUT2D eigenvalue weighted by Gasteiger charge is 2.27. The highest BCUT2D eigenvalue weighted by Crippen LogP contribution is 2.16. The van der Waals surface area contributed by atoms with Crippen LogP contribution in [0.15, 0.2) is 0 Å². The molecule has 15 heavy (non-hydrogen) atoms. The molecule has 2 rings (SSSR count). The number of ketones is 1. The third-order valence-corrected chi connectivity index (χ3v) is 3.04. The van der Waals surface area contributed by atoms with Crippen molar-refractivity contribution in [2.24, 2.45) is 5.92 Å². The normalized spacial score (nSPS) is 36.7. The summed E-state index contributed by atoms with van der Waals surface area (Å²) >= 11 is 0. The SMILES string of the molecule is CC1COCC(CC(=O)C2CCOC2)N1. The number of nitrogens with one attached hydrogen (secondary N) is 1. The minimum Gasteiger partial charge on any atom is -0.381 e. The Bertz CT molecular complexity index is 226. The second-order valence-corrected chi connectivity index (χ2v) is 4.53. The molecule has 2 heterocycles. The molecule has 0 aromatic heterocycles. The van der Waals surface area contributed by atoms with Gasteiger partial charge in [-0.3, -0.25) is 4.79 Å². The maximum atomic E-state index is 11.8. The van der Waals surface area contributed by atoms with Gasteiger partial charge in [0.2, 0.25) is 0 Å². The van der Waals surface area contributed by atoms with Crippen LogP contribution in [-0.2, 0) is 14.3 Å². The van der Waals surface area contributed by atoms with E-state index < -0.39 is 0 Å². The van der Waals surface area contributed by atoms with Crippen LogP contribution in [0, 0.1) is 5.92 Å². The van der Waals surface area contributed by atoms with Crippen molar-refractivity contribution in [2.45, 2.75) is 31.8 Å². The zero-order chi connectivity index (χ0) is 10.7. The van der Waals surface area contributed by atoms with Crippen molar-refractivity contribution in [2.75, 3.05) is 26.4 Å². The fourth-order valence-electron chi connectivity index (χ4n) is 2.20. The molecule has 2 aliphatic heterocycles. The van der Waals surface area contributed by atoms with Crippen molar-refractivity contribution in [3.63, 3.8) is 0 Å². The fraction of sp³-hybridized carbons (Fsp3) is 0.909. The van der Waals surface area contributed by atoms with Gasteiger partial charge in [-0.25, -0.2) is 0 Å². The first kappa shape index (κ1) is 11.0. The van der Waals surface area contributed by atoms with Crippen LogP contribution in [0.5, 0.6) is 0 Å². The molecule has 0 spiro atoms. The van der Waals surface area contributed by atoms with E-state index in [1.54, 1.807) is 0 Å². The molecule has 2 saturated heterocycles. The Morgan fingerprint density at radius 3 is 2.87 bits per heavy atom. The Balaban J connectivity index is 1.77. The van der Waals surface area contributed by atoms with Gasteiger partial charge in [0.1, 0.15) is 5.78 Å². The van der Waals surface area contributed by atoms with Crippen LogP contribution in [0.25, 0.3) is 0 Å². The molecule has 1 N–H and O–H groups in total. The molecule has 3 atom stereocenters. The first-order valence-electron chi connectivity index (χ1n) is 5.70. The standard InChI is InChI=1S/C11H19NO3/c1-8-5-15-7-10(12-8)4-11(13)9-2-3-14-6-9/h8-10,12H,2-7H2,1H3. The molecule has 0 aliphatic carbocycles. The van der Waals surface area contributed by atoms with Crippen molar-refractivity contribution >= 4 is 5.78 Å². The number of carbonyl (C=O) groups is 1. The average molecular weight is 213 g/mol. The van der Waals surface area contributed by atoms with Gasteiger partial charge in [-0.05, 0) is 13.3 Å². The summed E-state index contributed by atoms with van der Waals surface area (Å²) in [7, 11) is 0. The summed E-state index contributed by atoms with van der Waals surface area (Å²) in [6.07, 6.45) is 1.47. The Morgan fingerprint density at radius 1 is 1.33 bits per heavy atom. The number of hydrogen-bond donors (Lipinski definition) is 1. The van der Waals surface area contributed by atoms with Gasteiger partial charge < -0.3 is 14.8 Å². The quantitative estimate of drug-likeness (QED) is 0.735. The lowest BCUT2D eigenvalue weighted by atomic mass is 9.97. The smallest absolute Gasteiger partial charge is 0.140 e. The van der Waals surface area contributed by atoms with Gasteiger partial charge in [0.15, 0.2) is 0 Å². The molecule has 0 saturated carbocycles. The molecule has 3 unspecified atom stereocenters. The van der Waals surface area contributed by atoms with Gasteiger partial charge in [0, 0.05) is 31.0 Å². The minimum absolute atomic E-state index is 0.129. The maximum Gasteiger partial charge on any atom is 0.140 e. The van der Waals surface area contributed by atoms with E-state index in [0.29, 0.717) is 31.5 Å². The summed E-state index contributed by atoms with van der Waals surface area (Å²) in [4.78, 5) is 11.8. The van der Waals surface area contributed by atoms with E-state index in [2.05, 4.69) is 12.2 Å². The molecule has 0 aromatic rings. The predicted molar refractivity (Wildman–Crippen MR) is 55.8 cm³/mol. The van der Waals surface area contributed by atoms with Crippen LogP contribution in [-0.4, -0.2) is 44.3 Å². The number of ether oxygens (including phenoxy) is 2. The Morgan fingerprint density at radius 2 is 2.20 bits per heavy atom. The van der Waals surface area contributed by atoms with E-state index in [4.69, 9.17) is 9.47 Å². The van der Waals surface area contributed by atoms with Crippen LogP contribution in [0.1, 0.15) is 19.8 Å². The summed E-state index contributed by atoms with van der Waals surface area (Å²) in [5.41, 5.74) is 0. The van der Waals surface area contributed by atoms with E-state index in [0.717, 1.165) is 19.6 Å². The third kappa shape index (κ3) is 3.00. The molecule has 4 heteroatoms. The molecule has 0 amide bonds. The van der Waals surface area contributed by atoms with Crippen LogP contribution in [0.4, 0.5) is 0 Å². The van der Waals surface area contributed by atoms with E-state index in [1.807, 2.05) is 0 Å². The van der Waals surface area contributed by atoms with Gasteiger partial charge in [-0.1, -0.05) is 0 Å². The van der Waals surface area contributed by atoms with Crippen molar-refractivity contribution in [3.05, 3.63) is 0 Å². The van der Waals surface area contributed by atoms with E-state index in [1.165, 1.54) is 0 Å². The first-order chi connectivity index (χ1) is 7.25. The Kier molecular flexibility index (Phi) is 3.72. The van der Waals surface area contributed by atoms with E-state index in [-0.39, 0.29) is 12.0 Å². The number of Topliss-reactive ketones (excluding diaryl/α,β-unsaturated/α-hetero) is 1. The molecule has 2 aliphatic rings. The van der Waals surface area contributed by atoms with Gasteiger partial charge >= 0.3 is 0 Å². The second-order valence-electron chi connectivity index (χ2n) is 4.53. The number of morpholine rings is 1. The third-order valence-electron chi connectivity index (χ3n) is 3.04. The number of carbonyl (C=O) groups excluding carboxylic acids is 1. The fourth-order valence-corrected chi connectivity index (χ4v) is 2.20. The van der Waals surface area contributed by atoms with Crippen molar-refractivity contribution in [1.29, 1.82) is 0 Å². The topological polar surface area (TPSA) is 47.6 Å². The Hall–Kier alpha value is -0.450. The monoisotopic (exact) mass is 213 g/mol. The zero-order valence-corrected chi connectivity index (χ0v) is 9.20. The van der Waals surface area contributed by atoms with Crippen molar-refractivity contribution in [1.82, 2.24) is 5.32 Å². The second kappa shape index (κ2) is 5.05. The lowest BCUT2D eigenvalue weighted by molar-refractivity contribution is -0.124. The lowest BCUT2D eigenvalue weighted by Crippen LogP contribution is -2.48. The van der Waals surface area contributed by atoms with E-state index in [9.17, 15) is 4.79 Å². The number of rotatable bonds is 3. The summed E-state index contributed by atoms with van der Waals surface area (Å²) in [6, 6.07) is 0.554. The highest BCUT2D eigenvalue weighted by molar-refractivity contribution is 5.81. The zero-order valence-electron chi connectivity index (χ0n) is 9.20. The van der Waals surface area contributed by atoms with Crippen LogP contribution in [0.2, 0.25) is 0 Å². The maximum absolute atomic E-state index is 11.8. The average Bonchev–Trinajstić information content (AvgIpc) is 2.70. The molecular weight excluding hydrogens is 194 g/mol. The summed E-state index contributed by atoms with van der Waals surface area (Å²) in [5.74, 6) is 0.451. The number of hydrogen-bond acceptors (Lipinski definition) is 4. The molecular formula is C11H19NO3. The van der Waals surface area contributed by atoms with Gasteiger partial charge in [0.05, 0.1) is 19.8 Å². The molecule has 0 aromatic carbocycles. The van der Waals surface area contributed by atoms with Gasteiger partial charge in [-0.2, -0.15) is 0 Å². The molecule has 4 nitrogen and oxygen atoms in total. The van der Waals surface area contributed by atoms with Crippen LogP contribution >= 0.6 is 0 Å². The summed E-state index contributed by atoms with van der Waals surface area (Å²) in [6.45, 7) is 4.83. The highest BCUT2D eigenvalue weighted by atomic mass is 16.5. The summed E-state index contributed by atoms with van der Waals surface area (Å²) < 4.78 is 10.6. The van der Waals surface area contributed by atoms with Crippen LogP contribution in [0.3, 0.4) is 0 Å².